The van der Waals surface area contributed by atoms with Gasteiger partial charge >= 0.3 is 11.7 Å². The van der Waals surface area contributed by atoms with Crippen molar-refractivity contribution in [2.24, 2.45) is 0 Å². The monoisotopic (exact) mass is 619 g/mol. The first-order valence-corrected chi connectivity index (χ1v) is 14.8. The number of carbonyl (C=O) groups is 1. The normalized spacial score (nSPS) is 11.3. The predicted octanol–water partition coefficient (Wildman–Crippen LogP) is 4.77. The number of nitrogens with one attached hydrogen (secondary N) is 2. The Morgan fingerprint density at radius 1 is 0.955 bits per heavy atom. The number of aromatic nitrogens is 2. The van der Waals surface area contributed by atoms with E-state index < -0.39 is 29.4 Å². The van der Waals surface area contributed by atoms with Gasteiger partial charge in [-0.1, -0.05) is 36.4 Å². The molecule has 0 fully saturated rings. The van der Waals surface area contributed by atoms with Gasteiger partial charge in [0, 0.05) is 35.8 Å². The predicted molar refractivity (Wildman–Crippen MR) is 169 cm³/mol. The molecule has 228 valence electrons. The second kappa shape index (κ2) is 13.3. The van der Waals surface area contributed by atoms with E-state index in [1.165, 1.54) is 22.0 Å². The number of aliphatic hydroxyl groups is 1. The summed E-state index contributed by atoms with van der Waals surface area (Å²) >= 11 is 1.17. The third-order valence-corrected chi connectivity index (χ3v) is 8.42. The summed E-state index contributed by atoms with van der Waals surface area (Å²) in [4.78, 5) is 43.0. The number of likely N-dealkylation sites (N-methyl/N-ethyl adjacent to an activating group) is 1. The lowest BCUT2D eigenvalue weighted by Gasteiger charge is -2.17. The van der Waals surface area contributed by atoms with Gasteiger partial charge in [-0.15, -0.1) is 11.3 Å². The molecule has 0 unspecified atom stereocenters. The van der Waals surface area contributed by atoms with E-state index >= 15 is 0 Å². The zero-order valence-corrected chi connectivity index (χ0v) is 25.0. The van der Waals surface area contributed by atoms with Crippen molar-refractivity contribution >= 4 is 33.3 Å². The van der Waals surface area contributed by atoms with Crippen LogP contribution in [0.4, 0.5) is 19.3 Å². The topological polar surface area (TPSA) is 109 Å². The molecule has 2 heterocycles. The molecule has 0 aliphatic carbocycles. The van der Waals surface area contributed by atoms with E-state index in [-0.39, 0.29) is 35.0 Å². The fraction of sp³-hybridized carbons (Fsp3) is 0.219. The maximum absolute atomic E-state index is 14.9. The van der Waals surface area contributed by atoms with Crippen LogP contribution in [0.15, 0.2) is 82.4 Å². The molecule has 0 aliphatic heterocycles. The Morgan fingerprint density at radius 3 is 2.27 bits per heavy atom. The number of benzene rings is 3. The SMILES string of the molecule is CCNC(=O)Nc1ccc(-c2sc3c(c2CN(C)CCO)c(=O)n(-c2ccccc2)c(=O)n3Cc2c(F)cccc2F)cc1. The first kappa shape index (κ1) is 30.8. The minimum Gasteiger partial charge on any atom is -0.395 e. The Labute approximate surface area is 255 Å². The van der Waals surface area contributed by atoms with Crippen LogP contribution in [-0.2, 0) is 13.1 Å². The van der Waals surface area contributed by atoms with Gasteiger partial charge in [0.2, 0.25) is 0 Å². The van der Waals surface area contributed by atoms with Crippen molar-refractivity contribution in [3.05, 3.63) is 116 Å². The molecule has 2 amide bonds. The molecule has 0 radical (unpaired) electrons. The number of halogens is 2. The third kappa shape index (κ3) is 6.18. The van der Waals surface area contributed by atoms with Gasteiger partial charge in [-0.2, -0.15) is 0 Å². The summed E-state index contributed by atoms with van der Waals surface area (Å²) in [6, 6.07) is 18.5. The number of anilines is 1. The first-order chi connectivity index (χ1) is 21.2. The second-order valence-electron chi connectivity index (χ2n) is 10.2. The zero-order chi connectivity index (χ0) is 31.4. The number of hydrogen-bond donors (Lipinski definition) is 3. The molecule has 9 nitrogen and oxygen atoms in total. The second-order valence-corrected chi connectivity index (χ2v) is 11.2. The molecular formula is C32H31F2N5O4S. The highest BCUT2D eigenvalue weighted by Crippen LogP contribution is 2.38. The number of fused-ring (bicyclic) bond motifs is 1. The Balaban J connectivity index is 1.79. The standard InChI is InChI=1S/C32H31F2N5O4S/c1-3-35-31(42)36-21-14-12-20(13-15-21)28-24(18-37(2)16-17-40)27-29(41)39(22-8-5-4-6-9-22)32(43)38(30(27)44-28)19-23-25(33)10-7-11-26(23)34/h4-15,40H,3,16-19H2,1-2H3,(H2,35,36,42). The summed E-state index contributed by atoms with van der Waals surface area (Å²) in [5, 5.41) is 15.2. The van der Waals surface area contributed by atoms with Crippen LogP contribution in [0.5, 0.6) is 0 Å². The van der Waals surface area contributed by atoms with Gasteiger partial charge in [0.15, 0.2) is 0 Å². The quantitative estimate of drug-likeness (QED) is 0.209. The van der Waals surface area contributed by atoms with Gasteiger partial charge in [0.1, 0.15) is 16.5 Å². The van der Waals surface area contributed by atoms with E-state index in [1.807, 2.05) is 11.8 Å². The molecule has 12 heteroatoms. The largest absolute Gasteiger partial charge is 0.395 e. The van der Waals surface area contributed by atoms with Crippen LogP contribution in [0.25, 0.3) is 26.3 Å². The number of carbonyl (C=O) groups excluding carboxylic acids is 1. The van der Waals surface area contributed by atoms with E-state index in [0.717, 1.165) is 16.7 Å². The van der Waals surface area contributed by atoms with E-state index in [0.29, 0.717) is 40.5 Å². The molecule has 0 aliphatic rings. The number of para-hydroxylation sites is 1. The maximum atomic E-state index is 14.9. The Hall–Kier alpha value is -4.65. The van der Waals surface area contributed by atoms with E-state index in [9.17, 15) is 28.3 Å². The lowest BCUT2D eigenvalue weighted by molar-refractivity contribution is 0.218. The fourth-order valence-electron chi connectivity index (χ4n) is 5.00. The van der Waals surface area contributed by atoms with Crippen molar-refractivity contribution in [2.45, 2.75) is 20.0 Å². The molecular weight excluding hydrogens is 588 g/mol. The number of urea groups is 1. The number of thiophene rings is 1. The van der Waals surface area contributed by atoms with Gasteiger partial charge < -0.3 is 15.7 Å². The van der Waals surface area contributed by atoms with Gasteiger partial charge in [0.05, 0.1) is 24.2 Å². The fourth-order valence-corrected chi connectivity index (χ4v) is 6.30. The van der Waals surface area contributed by atoms with Gasteiger partial charge in [0.25, 0.3) is 5.56 Å². The minimum absolute atomic E-state index is 0.111. The van der Waals surface area contributed by atoms with Gasteiger partial charge in [-0.3, -0.25) is 14.3 Å². The lowest BCUT2D eigenvalue weighted by atomic mass is 10.1. The van der Waals surface area contributed by atoms with Crippen molar-refractivity contribution in [3.8, 4) is 16.1 Å². The first-order valence-electron chi connectivity index (χ1n) is 14.0. The number of hydrogen-bond acceptors (Lipinski definition) is 6. The Bertz CT molecular complexity index is 1900. The Morgan fingerprint density at radius 2 is 1.64 bits per heavy atom. The summed E-state index contributed by atoms with van der Waals surface area (Å²) in [5.74, 6) is -1.62. The number of nitrogens with zero attached hydrogens (tertiary/aromatic N) is 3. The molecule has 44 heavy (non-hydrogen) atoms. The van der Waals surface area contributed by atoms with Crippen LogP contribution in [0.3, 0.4) is 0 Å². The highest BCUT2D eigenvalue weighted by molar-refractivity contribution is 7.22. The van der Waals surface area contributed by atoms with Crippen molar-refractivity contribution in [1.82, 2.24) is 19.4 Å². The lowest BCUT2D eigenvalue weighted by Crippen LogP contribution is -2.39. The average molecular weight is 620 g/mol. The van der Waals surface area contributed by atoms with Crippen LogP contribution in [-0.4, -0.2) is 51.9 Å². The van der Waals surface area contributed by atoms with Crippen LogP contribution in [0.1, 0.15) is 18.1 Å². The number of rotatable bonds is 10. The molecule has 0 saturated heterocycles. The summed E-state index contributed by atoms with van der Waals surface area (Å²) < 4.78 is 32.0. The van der Waals surface area contributed by atoms with Crippen molar-refractivity contribution < 1.29 is 18.7 Å². The molecule has 3 aromatic carbocycles. The summed E-state index contributed by atoms with van der Waals surface area (Å²) in [6.45, 7) is 2.28. The average Bonchev–Trinajstić information content (AvgIpc) is 3.36. The van der Waals surface area contributed by atoms with Crippen molar-refractivity contribution in [1.29, 1.82) is 0 Å². The molecule has 5 rings (SSSR count). The summed E-state index contributed by atoms with van der Waals surface area (Å²) in [7, 11) is 1.79. The van der Waals surface area contributed by atoms with Crippen LogP contribution in [0, 0.1) is 11.6 Å². The van der Waals surface area contributed by atoms with Gasteiger partial charge in [-0.05, 0) is 61.5 Å². The highest BCUT2D eigenvalue weighted by Gasteiger charge is 2.25. The van der Waals surface area contributed by atoms with E-state index in [2.05, 4.69) is 10.6 Å². The number of amides is 2. The van der Waals surface area contributed by atoms with Crippen molar-refractivity contribution in [3.63, 3.8) is 0 Å². The van der Waals surface area contributed by atoms with E-state index in [4.69, 9.17) is 0 Å². The smallest absolute Gasteiger partial charge is 0.337 e. The third-order valence-electron chi connectivity index (χ3n) is 7.12. The maximum Gasteiger partial charge on any atom is 0.337 e. The molecule has 0 atom stereocenters. The van der Waals surface area contributed by atoms with Gasteiger partial charge in [-0.25, -0.2) is 22.9 Å². The molecule has 0 bridgehead atoms. The zero-order valence-electron chi connectivity index (χ0n) is 24.1. The molecule has 0 spiro atoms. The Kier molecular flexibility index (Phi) is 9.33. The molecule has 0 saturated carbocycles. The summed E-state index contributed by atoms with van der Waals surface area (Å²) in [6.07, 6.45) is 0. The van der Waals surface area contributed by atoms with Crippen LogP contribution < -0.4 is 21.9 Å². The van der Waals surface area contributed by atoms with Crippen LogP contribution >= 0.6 is 11.3 Å². The van der Waals surface area contributed by atoms with E-state index in [1.54, 1.807) is 61.6 Å². The molecule has 2 aromatic heterocycles. The molecule has 3 N–H and O–H groups in total. The molecule has 5 aromatic rings. The summed E-state index contributed by atoms with van der Waals surface area (Å²) in [5.41, 5.74) is 0.578. The highest BCUT2D eigenvalue weighted by atomic mass is 32.1. The van der Waals surface area contributed by atoms with Crippen LogP contribution in [0.2, 0.25) is 0 Å². The van der Waals surface area contributed by atoms with Crippen molar-refractivity contribution in [2.75, 3.05) is 32.1 Å². The minimum atomic E-state index is -0.808. The number of aliphatic hydroxyl groups excluding tert-OH is 1.